The van der Waals surface area contributed by atoms with Crippen LogP contribution in [0.1, 0.15) is 26.7 Å². The first-order chi connectivity index (χ1) is 7.30. The molecule has 0 unspecified atom stereocenters. The Kier molecular flexibility index (Phi) is 4.33. The number of piperidine rings is 1. The lowest BCUT2D eigenvalue weighted by atomic mass is 9.96. The predicted octanol–water partition coefficient (Wildman–Crippen LogP) is 0.557. The van der Waals surface area contributed by atoms with Gasteiger partial charge in [0.15, 0.2) is 0 Å². The largest absolute Gasteiger partial charge is 0.381 e. The standard InChI is InChI=1S/C12H24N2O2/c1-12(2,16)11(15)14(4)9-10-5-7-13(3)8-6-10/h10,16H,5-9H2,1-4H3. The maximum atomic E-state index is 11.8. The topological polar surface area (TPSA) is 43.8 Å². The van der Waals surface area contributed by atoms with Crippen LogP contribution in [0.15, 0.2) is 0 Å². The van der Waals surface area contributed by atoms with E-state index in [1.165, 1.54) is 0 Å². The van der Waals surface area contributed by atoms with Gasteiger partial charge in [0.25, 0.3) is 5.91 Å². The molecular formula is C12H24N2O2. The molecule has 1 heterocycles. The van der Waals surface area contributed by atoms with Crippen LogP contribution in [0.2, 0.25) is 0 Å². The summed E-state index contributed by atoms with van der Waals surface area (Å²) in [5.74, 6) is 0.388. The Morgan fingerprint density at radius 2 is 1.94 bits per heavy atom. The van der Waals surface area contributed by atoms with Crippen LogP contribution in [0, 0.1) is 5.92 Å². The minimum absolute atomic E-state index is 0.188. The van der Waals surface area contributed by atoms with Gasteiger partial charge >= 0.3 is 0 Å². The molecule has 4 heteroatoms. The van der Waals surface area contributed by atoms with Crippen LogP contribution < -0.4 is 0 Å². The molecule has 0 saturated carbocycles. The summed E-state index contributed by atoms with van der Waals surface area (Å²) in [5, 5.41) is 9.63. The van der Waals surface area contributed by atoms with Crippen molar-refractivity contribution in [1.29, 1.82) is 0 Å². The summed E-state index contributed by atoms with van der Waals surface area (Å²) in [6.07, 6.45) is 2.28. The van der Waals surface area contributed by atoms with Crippen molar-refractivity contribution >= 4 is 5.91 Å². The van der Waals surface area contributed by atoms with Crippen molar-refractivity contribution in [2.24, 2.45) is 5.92 Å². The van der Waals surface area contributed by atoms with Gasteiger partial charge in [0.2, 0.25) is 0 Å². The Morgan fingerprint density at radius 1 is 1.44 bits per heavy atom. The van der Waals surface area contributed by atoms with Crippen LogP contribution in [-0.2, 0) is 4.79 Å². The normalized spacial score (nSPS) is 19.8. The first-order valence-electron chi connectivity index (χ1n) is 5.97. The molecule has 0 aromatic heterocycles. The van der Waals surface area contributed by atoms with Crippen molar-refractivity contribution in [2.75, 3.05) is 33.7 Å². The third kappa shape index (κ3) is 3.76. The molecule has 16 heavy (non-hydrogen) atoms. The Labute approximate surface area is 98.2 Å². The fourth-order valence-corrected chi connectivity index (χ4v) is 2.18. The zero-order chi connectivity index (χ0) is 12.3. The van der Waals surface area contributed by atoms with E-state index >= 15 is 0 Å². The molecule has 0 aromatic carbocycles. The van der Waals surface area contributed by atoms with Crippen molar-refractivity contribution in [1.82, 2.24) is 9.80 Å². The molecule has 1 N–H and O–H groups in total. The molecule has 0 spiro atoms. The van der Waals surface area contributed by atoms with E-state index in [2.05, 4.69) is 11.9 Å². The van der Waals surface area contributed by atoms with E-state index < -0.39 is 5.60 Å². The summed E-state index contributed by atoms with van der Waals surface area (Å²) in [6.45, 7) is 6.06. The highest BCUT2D eigenvalue weighted by Gasteiger charge is 2.29. The number of hydrogen-bond donors (Lipinski definition) is 1. The first kappa shape index (κ1) is 13.5. The smallest absolute Gasteiger partial charge is 0.253 e. The van der Waals surface area contributed by atoms with Gasteiger partial charge in [-0.3, -0.25) is 4.79 Å². The summed E-state index contributed by atoms with van der Waals surface area (Å²) in [6, 6.07) is 0. The highest BCUT2D eigenvalue weighted by atomic mass is 16.3. The molecule has 1 aliphatic rings. The first-order valence-corrected chi connectivity index (χ1v) is 5.97. The maximum absolute atomic E-state index is 11.8. The fraction of sp³-hybridized carbons (Fsp3) is 0.917. The average Bonchev–Trinajstić information content (AvgIpc) is 2.19. The van der Waals surface area contributed by atoms with Crippen molar-refractivity contribution in [3.8, 4) is 0 Å². The van der Waals surface area contributed by atoms with Gasteiger partial charge in [0.05, 0.1) is 0 Å². The van der Waals surface area contributed by atoms with Gasteiger partial charge in [-0.1, -0.05) is 0 Å². The monoisotopic (exact) mass is 228 g/mol. The number of carbonyl (C=O) groups excluding carboxylic acids is 1. The van der Waals surface area contributed by atoms with Crippen molar-refractivity contribution in [2.45, 2.75) is 32.3 Å². The lowest BCUT2D eigenvalue weighted by Gasteiger charge is -2.33. The van der Waals surface area contributed by atoms with E-state index in [1.807, 2.05) is 0 Å². The van der Waals surface area contributed by atoms with Gasteiger partial charge in [-0.25, -0.2) is 0 Å². The number of hydrogen-bond acceptors (Lipinski definition) is 3. The molecule has 0 aliphatic carbocycles. The minimum Gasteiger partial charge on any atom is -0.381 e. The van der Waals surface area contributed by atoms with Gasteiger partial charge in [0.1, 0.15) is 5.60 Å². The van der Waals surface area contributed by atoms with Gasteiger partial charge in [0, 0.05) is 13.6 Å². The van der Waals surface area contributed by atoms with E-state index in [4.69, 9.17) is 0 Å². The Morgan fingerprint density at radius 3 is 2.38 bits per heavy atom. The number of likely N-dealkylation sites (N-methyl/N-ethyl adjacent to an activating group) is 1. The molecule has 1 fully saturated rings. The van der Waals surface area contributed by atoms with Crippen LogP contribution in [-0.4, -0.2) is 60.1 Å². The molecule has 1 rings (SSSR count). The minimum atomic E-state index is -1.25. The molecular weight excluding hydrogens is 204 g/mol. The molecule has 0 radical (unpaired) electrons. The van der Waals surface area contributed by atoms with E-state index in [0.717, 1.165) is 32.5 Å². The zero-order valence-electron chi connectivity index (χ0n) is 10.9. The molecule has 1 aliphatic heterocycles. The molecule has 1 amide bonds. The molecule has 0 atom stereocenters. The van der Waals surface area contributed by atoms with Gasteiger partial charge in [-0.2, -0.15) is 0 Å². The summed E-state index contributed by atoms with van der Waals surface area (Å²) < 4.78 is 0. The van der Waals surface area contributed by atoms with Gasteiger partial charge in [-0.05, 0) is 52.7 Å². The van der Waals surface area contributed by atoms with E-state index in [-0.39, 0.29) is 5.91 Å². The molecule has 1 saturated heterocycles. The van der Waals surface area contributed by atoms with Crippen LogP contribution in [0.25, 0.3) is 0 Å². The number of rotatable bonds is 3. The average molecular weight is 228 g/mol. The van der Waals surface area contributed by atoms with Crippen LogP contribution in [0.3, 0.4) is 0 Å². The third-order valence-corrected chi connectivity index (χ3v) is 3.24. The maximum Gasteiger partial charge on any atom is 0.253 e. The van der Waals surface area contributed by atoms with E-state index in [0.29, 0.717) is 5.92 Å². The number of carbonyl (C=O) groups is 1. The second-order valence-corrected chi connectivity index (χ2v) is 5.49. The third-order valence-electron chi connectivity index (χ3n) is 3.24. The van der Waals surface area contributed by atoms with Crippen molar-refractivity contribution in [3.63, 3.8) is 0 Å². The SMILES string of the molecule is CN1CCC(CN(C)C(=O)C(C)(C)O)CC1. The lowest BCUT2D eigenvalue weighted by molar-refractivity contribution is -0.147. The molecule has 4 nitrogen and oxygen atoms in total. The highest BCUT2D eigenvalue weighted by molar-refractivity contribution is 5.83. The highest BCUT2D eigenvalue weighted by Crippen LogP contribution is 2.18. The van der Waals surface area contributed by atoms with Crippen LogP contribution in [0.5, 0.6) is 0 Å². The zero-order valence-corrected chi connectivity index (χ0v) is 10.9. The van der Waals surface area contributed by atoms with Crippen molar-refractivity contribution < 1.29 is 9.90 Å². The predicted molar refractivity (Wildman–Crippen MR) is 64.2 cm³/mol. The van der Waals surface area contributed by atoms with E-state index in [9.17, 15) is 9.90 Å². The van der Waals surface area contributed by atoms with Gasteiger partial charge in [-0.15, -0.1) is 0 Å². The Bertz CT molecular complexity index is 240. The number of nitrogens with zero attached hydrogens (tertiary/aromatic N) is 2. The van der Waals surface area contributed by atoms with Crippen LogP contribution in [0.4, 0.5) is 0 Å². The lowest BCUT2D eigenvalue weighted by Crippen LogP contribution is -2.46. The molecule has 0 bridgehead atoms. The van der Waals surface area contributed by atoms with Gasteiger partial charge < -0.3 is 14.9 Å². The Hall–Kier alpha value is -0.610. The summed E-state index contributed by atoms with van der Waals surface area (Å²) in [5.41, 5.74) is -1.25. The number of aliphatic hydroxyl groups is 1. The summed E-state index contributed by atoms with van der Waals surface area (Å²) in [7, 11) is 3.90. The number of amides is 1. The second-order valence-electron chi connectivity index (χ2n) is 5.49. The summed E-state index contributed by atoms with van der Waals surface area (Å²) in [4.78, 5) is 15.7. The van der Waals surface area contributed by atoms with Crippen molar-refractivity contribution in [3.05, 3.63) is 0 Å². The van der Waals surface area contributed by atoms with E-state index in [1.54, 1.807) is 25.8 Å². The molecule has 94 valence electrons. The van der Waals surface area contributed by atoms with Crippen LogP contribution >= 0.6 is 0 Å². The fourth-order valence-electron chi connectivity index (χ4n) is 2.18. The summed E-state index contributed by atoms with van der Waals surface area (Å²) >= 11 is 0. The second kappa shape index (κ2) is 5.15. The molecule has 0 aromatic rings. The quantitative estimate of drug-likeness (QED) is 0.767. The Balaban J connectivity index is 2.40. The number of likely N-dealkylation sites (tertiary alicyclic amines) is 1.